The normalized spacial score (nSPS) is 12.4. The fourth-order valence-electron chi connectivity index (χ4n) is 3.88. The average molecular weight is 398 g/mol. The van der Waals surface area contributed by atoms with E-state index in [0.717, 1.165) is 23.0 Å². The number of carbonyl (C=O) groups excluding carboxylic acids is 1. The molecule has 1 atom stereocenters. The molecule has 0 saturated carbocycles. The van der Waals surface area contributed by atoms with Gasteiger partial charge in [0.15, 0.2) is 5.78 Å². The Hall–Kier alpha value is -3.21. The lowest BCUT2D eigenvalue weighted by atomic mass is 9.96. The Morgan fingerprint density at radius 3 is 2.33 bits per heavy atom. The monoisotopic (exact) mass is 397 g/mol. The summed E-state index contributed by atoms with van der Waals surface area (Å²) < 4.78 is 0. The molecule has 0 spiro atoms. The molecule has 1 aromatic heterocycles. The predicted octanol–water partition coefficient (Wildman–Crippen LogP) is 4.94. The van der Waals surface area contributed by atoms with Gasteiger partial charge in [0.1, 0.15) is 0 Å². The summed E-state index contributed by atoms with van der Waals surface area (Å²) in [6, 6.07) is 25.9. The SMILES string of the molecule is CN(C)Cc1ccccc1CNC(C(=O)c1c[nH]c2ccccc12)c1ccccc1. The standard InChI is InChI=1S/C26H27N3O/c1-29(2)18-21-13-7-6-12-20(21)16-28-25(19-10-4-3-5-11-19)26(30)23-17-27-24-15-9-8-14-22(23)24/h3-15,17,25,27-28H,16,18H2,1-2H3. The number of H-pyrrole nitrogens is 1. The third kappa shape index (κ3) is 4.35. The summed E-state index contributed by atoms with van der Waals surface area (Å²) in [5.41, 5.74) is 5.13. The van der Waals surface area contributed by atoms with Gasteiger partial charge in [-0.1, -0.05) is 72.8 Å². The highest BCUT2D eigenvalue weighted by molar-refractivity contribution is 6.10. The number of aromatic nitrogens is 1. The van der Waals surface area contributed by atoms with Crippen molar-refractivity contribution >= 4 is 16.7 Å². The number of aromatic amines is 1. The van der Waals surface area contributed by atoms with E-state index >= 15 is 0 Å². The van der Waals surface area contributed by atoms with Crippen molar-refractivity contribution in [3.63, 3.8) is 0 Å². The van der Waals surface area contributed by atoms with E-state index in [4.69, 9.17) is 0 Å². The zero-order valence-electron chi connectivity index (χ0n) is 17.4. The maximum atomic E-state index is 13.6. The van der Waals surface area contributed by atoms with Crippen molar-refractivity contribution in [2.24, 2.45) is 0 Å². The second kappa shape index (κ2) is 9.08. The number of hydrogen-bond donors (Lipinski definition) is 2. The van der Waals surface area contributed by atoms with Gasteiger partial charge in [0.25, 0.3) is 0 Å². The van der Waals surface area contributed by atoms with E-state index in [2.05, 4.69) is 53.6 Å². The molecule has 30 heavy (non-hydrogen) atoms. The van der Waals surface area contributed by atoms with E-state index in [9.17, 15) is 4.79 Å². The summed E-state index contributed by atoms with van der Waals surface area (Å²) in [7, 11) is 4.13. The van der Waals surface area contributed by atoms with Crippen LogP contribution in [0.15, 0.2) is 85.1 Å². The minimum atomic E-state index is -0.419. The molecule has 0 saturated heterocycles. The maximum absolute atomic E-state index is 13.6. The van der Waals surface area contributed by atoms with Gasteiger partial charge in [-0.05, 0) is 36.9 Å². The Kier molecular flexibility index (Phi) is 6.07. The highest BCUT2D eigenvalue weighted by atomic mass is 16.1. The van der Waals surface area contributed by atoms with Crippen molar-refractivity contribution in [2.45, 2.75) is 19.1 Å². The number of nitrogens with zero attached hydrogens (tertiary/aromatic N) is 1. The smallest absolute Gasteiger partial charge is 0.186 e. The van der Waals surface area contributed by atoms with Gasteiger partial charge in [-0.15, -0.1) is 0 Å². The Balaban J connectivity index is 1.64. The molecule has 0 radical (unpaired) electrons. The van der Waals surface area contributed by atoms with Crippen LogP contribution >= 0.6 is 0 Å². The number of ketones is 1. The van der Waals surface area contributed by atoms with Crippen LogP contribution in [0, 0.1) is 0 Å². The first-order chi connectivity index (χ1) is 14.6. The molecule has 4 heteroatoms. The number of para-hydroxylation sites is 1. The molecular formula is C26H27N3O. The number of rotatable bonds is 8. The van der Waals surface area contributed by atoms with Gasteiger partial charge in [0.2, 0.25) is 0 Å². The summed E-state index contributed by atoms with van der Waals surface area (Å²) in [6.07, 6.45) is 1.82. The fraction of sp³-hybridized carbons (Fsp3) is 0.192. The Bertz CT molecular complexity index is 1130. The van der Waals surface area contributed by atoms with Crippen LogP contribution in [-0.2, 0) is 13.1 Å². The van der Waals surface area contributed by atoms with Crippen molar-refractivity contribution in [1.82, 2.24) is 15.2 Å². The van der Waals surface area contributed by atoms with Crippen LogP contribution in [0.5, 0.6) is 0 Å². The molecule has 0 aliphatic heterocycles. The molecule has 4 rings (SSSR count). The minimum absolute atomic E-state index is 0.0729. The van der Waals surface area contributed by atoms with Gasteiger partial charge in [0, 0.05) is 35.8 Å². The first-order valence-electron chi connectivity index (χ1n) is 10.2. The summed E-state index contributed by atoms with van der Waals surface area (Å²) in [5.74, 6) is 0.0729. The Labute approximate surface area is 177 Å². The van der Waals surface area contributed by atoms with E-state index < -0.39 is 6.04 Å². The lowest BCUT2D eigenvalue weighted by Gasteiger charge is -2.20. The van der Waals surface area contributed by atoms with Crippen molar-refractivity contribution in [2.75, 3.05) is 14.1 Å². The van der Waals surface area contributed by atoms with E-state index in [1.165, 1.54) is 11.1 Å². The van der Waals surface area contributed by atoms with E-state index in [1.807, 2.05) is 60.8 Å². The first kappa shape index (κ1) is 20.1. The van der Waals surface area contributed by atoms with Gasteiger partial charge in [-0.2, -0.15) is 0 Å². The largest absolute Gasteiger partial charge is 0.360 e. The number of Topliss-reactive ketones (excluding diaryl/α,β-unsaturated/α-hetero) is 1. The second-order valence-electron chi connectivity index (χ2n) is 7.84. The van der Waals surface area contributed by atoms with Crippen LogP contribution < -0.4 is 5.32 Å². The number of nitrogens with one attached hydrogen (secondary N) is 2. The number of fused-ring (bicyclic) bond motifs is 1. The van der Waals surface area contributed by atoms with Crippen LogP contribution in [0.4, 0.5) is 0 Å². The van der Waals surface area contributed by atoms with Gasteiger partial charge in [0.05, 0.1) is 6.04 Å². The van der Waals surface area contributed by atoms with Crippen molar-refractivity contribution in [1.29, 1.82) is 0 Å². The van der Waals surface area contributed by atoms with Gasteiger partial charge < -0.3 is 9.88 Å². The van der Waals surface area contributed by atoms with Crippen LogP contribution in [0.1, 0.15) is 33.1 Å². The topological polar surface area (TPSA) is 48.1 Å². The first-order valence-corrected chi connectivity index (χ1v) is 10.2. The number of hydrogen-bond acceptors (Lipinski definition) is 3. The summed E-state index contributed by atoms with van der Waals surface area (Å²) in [4.78, 5) is 19.0. The quantitative estimate of drug-likeness (QED) is 0.414. The molecule has 152 valence electrons. The maximum Gasteiger partial charge on any atom is 0.186 e. The fourth-order valence-corrected chi connectivity index (χ4v) is 3.88. The van der Waals surface area contributed by atoms with Crippen LogP contribution in [-0.4, -0.2) is 29.8 Å². The number of carbonyl (C=O) groups is 1. The lowest BCUT2D eigenvalue weighted by Crippen LogP contribution is -2.29. The third-order valence-corrected chi connectivity index (χ3v) is 5.35. The molecule has 0 aliphatic rings. The highest BCUT2D eigenvalue weighted by Gasteiger charge is 2.24. The van der Waals surface area contributed by atoms with Gasteiger partial charge in [-0.25, -0.2) is 0 Å². The molecule has 0 amide bonds. The van der Waals surface area contributed by atoms with Crippen LogP contribution in [0.25, 0.3) is 10.9 Å². The third-order valence-electron chi connectivity index (χ3n) is 5.35. The van der Waals surface area contributed by atoms with E-state index in [1.54, 1.807) is 0 Å². The van der Waals surface area contributed by atoms with Gasteiger partial charge in [-0.3, -0.25) is 10.1 Å². The van der Waals surface area contributed by atoms with E-state index in [-0.39, 0.29) is 5.78 Å². The molecule has 3 aromatic carbocycles. The zero-order chi connectivity index (χ0) is 20.9. The molecule has 2 N–H and O–H groups in total. The molecule has 4 nitrogen and oxygen atoms in total. The second-order valence-corrected chi connectivity index (χ2v) is 7.84. The van der Waals surface area contributed by atoms with Crippen LogP contribution in [0.2, 0.25) is 0 Å². The highest BCUT2D eigenvalue weighted by Crippen LogP contribution is 2.25. The van der Waals surface area contributed by atoms with Crippen molar-refractivity contribution in [3.8, 4) is 0 Å². The molecule has 1 heterocycles. The Morgan fingerprint density at radius 1 is 0.900 bits per heavy atom. The summed E-state index contributed by atoms with van der Waals surface area (Å²) in [6.45, 7) is 1.49. The minimum Gasteiger partial charge on any atom is -0.360 e. The lowest BCUT2D eigenvalue weighted by molar-refractivity contribution is 0.0943. The van der Waals surface area contributed by atoms with Crippen molar-refractivity contribution < 1.29 is 4.79 Å². The van der Waals surface area contributed by atoms with Gasteiger partial charge >= 0.3 is 0 Å². The summed E-state index contributed by atoms with van der Waals surface area (Å²) in [5, 5.41) is 4.49. The zero-order valence-corrected chi connectivity index (χ0v) is 17.4. The van der Waals surface area contributed by atoms with Crippen molar-refractivity contribution in [3.05, 3.63) is 107 Å². The molecular weight excluding hydrogens is 370 g/mol. The molecule has 0 bridgehead atoms. The van der Waals surface area contributed by atoms with E-state index in [0.29, 0.717) is 12.1 Å². The molecule has 0 aliphatic carbocycles. The van der Waals surface area contributed by atoms with Crippen LogP contribution in [0.3, 0.4) is 0 Å². The molecule has 0 fully saturated rings. The molecule has 1 unspecified atom stereocenters. The molecule has 4 aromatic rings. The summed E-state index contributed by atoms with van der Waals surface area (Å²) >= 11 is 0. The predicted molar refractivity (Wildman–Crippen MR) is 122 cm³/mol. The Morgan fingerprint density at radius 2 is 1.57 bits per heavy atom. The number of benzene rings is 3. The average Bonchev–Trinajstić information content (AvgIpc) is 3.19.